The Morgan fingerprint density at radius 3 is 2.45 bits per heavy atom. The van der Waals surface area contributed by atoms with Crippen LogP contribution in [0.1, 0.15) is 22.2 Å². The number of methoxy groups -OCH3 is 1. The molecule has 0 bridgehead atoms. The summed E-state index contributed by atoms with van der Waals surface area (Å²) in [5, 5.41) is 3.79. The molecule has 0 radical (unpaired) electrons. The highest BCUT2D eigenvalue weighted by Crippen LogP contribution is 2.32. The monoisotopic (exact) mass is 480 g/mol. The molecule has 33 heavy (non-hydrogen) atoms. The summed E-state index contributed by atoms with van der Waals surface area (Å²) in [4.78, 5) is 13.6. The Kier molecular flexibility index (Phi) is 6.40. The van der Waals surface area contributed by atoms with E-state index in [1.807, 2.05) is 37.3 Å². The first-order valence-corrected chi connectivity index (χ1v) is 12.6. The minimum Gasteiger partial charge on any atom is -0.497 e. The second-order valence-corrected chi connectivity index (χ2v) is 10.5. The molecule has 3 aromatic carbocycles. The molecule has 1 heterocycles. The van der Waals surface area contributed by atoms with Crippen LogP contribution >= 0.6 is 11.3 Å². The molecule has 0 aliphatic carbocycles. The van der Waals surface area contributed by atoms with Crippen LogP contribution in [0.15, 0.2) is 77.7 Å². The maximum absolute atomic E-state index is 13.1. The van der Waals surface area contributed by atoms with Crippen molar-refractivity contribution < 1.29 is 17.9 Å². The van der Waals surface area contributed by atoms with E-state index in [9.17, 15) is 13.2 Å². The molecule has 0 saturated carbocycles. The molecular formula is C25H24N2O4S2. The molecule has 1 aromatic heterocycles. The first-order chi connectivity index (χ1) is 15.8. The van der Waals surface area contributed by atoms with Crippen molar-refractivity contribution in [2.45, 2.75) is 18.2 Å². The third-order valence-electron chi connectivity index (χ3n) is 5.45. The largest absolute Gasteiger partial charge is 0.497 e. The fourth-order valence-electron chi connectivity index (χ4n) is 3.52. The number of amides is 1. The molecule has 4 rings (SSSR count). The molecule has 4 aromatic rings. The molecule has 1 amide bonds. The third kappa shape index (κ3) is 4.58. The highest BCUT2D eigenvalue weighted by atomic mass is 32.2. The summed E-state index contributed by atoms with van der Waals surface area (Å²) in [6, 6.07) is 21.2. The smallest absolute Gasteiger partial charge is 0.265 e. The predicted octanol–water partition coefficient (Wildman–Crippen LogP) is 5.55. The highest BCUT2D eigenvalue weighted by molar-refractivity contribution is 7.92. The Labute approximate surface area is 197 Å². The van der Waals surface area contributed by atoms with E-state index in [1.165, 1.54) is 41.9 Å². The zero-order valence-electron chi connectivity index (χ0n) is 18.5. The number of para-hydroxylation sites is 1. The van der Waals surface area contributed by atoms with E-state index in [-0.39, 0.29) is 10.8 Å². The summed E-state index contributed by atoms with van der Waals surface area (Å²) in [6.45, 7) is 2.04. The zero-order chi connectivity index (χ0) is 23.6. The minimum atomic E-state index is -3.74. The number of hydrogen-bond donors (Lipinski definition) is 1. The van der Waals surface area contributed by atoms with Crippen molar-refractivity contribution in [1.29, 1.82) is 0 Å². The van der Waals surface area contributed by atoms with Crippen LogP contribution in [-0.2, 0) is 16.4 Å². The number of aryl methyl sites for hydroxylation is 1. The van der Waals surface area contributed by atoms with Gasteiger partial charge in [-0.05, 0) is 72.0 Å². The average Bonchev–Trinajstić information content (AvgIpc) is 3.27. The van der Waals surface area contributed by atoms with Crippen molar-refractivity contribution in [2.75, 3.05) is 23.8 Å². The van der Waals surface area contributed by atoms with Gasteiger partial charge in [-0.15, -0.1) is 11.3 Å². The van der Waals surface area contributed by atoms with Gasteiger partial charge in [0.05, 0.1) is 22.6 Å². The summed E-state index contributed by atoms with van der Waals surface area (Å²) in [6.07, 6.45) is 0.821. The van der Waals surface area contributed by atoms with Crippen LogP contribution < -0.4 is 14.4 Å². The van der Waals surface area contributed by atoms with E-state index in [0.717, 1.165) is 27.8 Å². The number of thiophene rings is 1. The van der Waals surface area contributed by atoms with Crippen molar-refractivity contribution in [3.05, 3.63) is 83.2 Å². The zero-order valence-corrected chi connectivity index (χ0v) is 20.2. The molecule has 0 spiro atoms. The fraction of sp³-hybridized carbons (Fsp3) is 0.160. The van der Waals surface area contributed by atoms with Crippen LogP contribution in [0.3, 0.4) is 0 Å². The molecule has 0 unspecified atom stereocenters. The van der Waals surface area contributed by atoms with Crippen molar-refractivity contribution in [1.82, 2.24) is 0 Å². The molecule has 6 nitrogen and oxygen atoms in total. The average molecular weight is 481 g/mol. The van der Waals surface area contributed by atoms with E-state index in [1.54, 1.807) is 30.3 Å². The standard InChI is InChI=1S/C25H24N2O4S2/c1-4-17-7-5-6-8-22(17)26-25(28)24-16-18-15-19(9-14-23(18)32-24)27(2)33(29,30)21-12-10-20(31-3)11-13-21/h5-16H,4H2,1-3H3,(H,26,28). The summed E-state index contributed by atoms with van der Waals surface area (Å²) in [7, 11) is -0.695. The SMILES string of the molecule is CCc1ccccc1NC(=O)c1cc2cc(N(C)S(=O)(=O)c3ccc(OC)cc3)ccc2s1. The molecule has 0 saturated heterocycles. The summed E-state index contributed by atoms with van der Waals surface area (Å²) in [5.41, 5.74) is 2.38. The van der Waals surface area contributed by atoms with Crippen LogP contribution in [0, 0.1) is 0 Å². The van der Waals surface area contributed by atoms with E-state index in [4.69, 9.17) is 4.74 Å². The van der Waals surface area contributed by atoms with Crippen molar-refractivity contribution in [3.63, 3.8) is 0 Å². The van der Waals surface area contributed by atoms with Gasteiger partial charge in [0.25, 0.3) is 15.9 Å². The topological polar surface area (TPSA) is 75.7 Å². The van der Waals surface area contributed by atoms with Gasteiger partial charge in [0.15, 0.2) is 0 Å². The van der Waals surface area contributed by atoms with Crippen molar-refractivity contribution >= 4 is 48.7 Å². The summed E-state index contributed by atoms with van der Waals surface area (Å²) < 4.78 is 33.4. The molecule has 0 fully saturated rings. The molecule has 0 atom stereocenters. The number of hydrogen-bond acceptors (Lipinski definition) is 5. The van der Waals surface area contributed by atoms with E-state index in [2.05, 4.69) is 5.32 Å². The number of nitrogens with one attached hydrogen (secondary N) is 1. The Balaban J connectivity index is 1.60. The van der Waals surface area contributed by atoms with Crippen LogP contribution in [0.25, 0.3) is 10.1 Å². The Bertz CT molecular complexity index is 1410. The lowest BCUT2D eigenvalue weighted by molar-refractivity contribution is 0.103. The Morgan fingerprint density at radius 2 is 1.76 bits per heavy atom. The van der Waals surface area contributed by atoms with Gasteiger partial charge in [0.2, 0.25) is 0 Å². The number of fused-ring (bicyclic) bond motifs is 1. The van der Waals surface area contributed by atoms with Gasteiger partial charge in [-0.25, -0.2) is 8.42 Å². The molecule has 8 heteroatoms. The van der Waals surface area contributed by atoms with Gasteiger partial charge in [-0.2, -0.15) is 0 Å². The second kappa shape index (κ2) is 9.25. The first-order valence-electron chi connectivity index (χ1n) is 10.4. The first kappa shape index (κ1) is 22.8. The predicted molar refractivity (Wildman–Crippen MR) is 134 cm³/mol. The van der Waals surface area contributed by atoms with Crippen molar-refractivity contribution in [3.8, 4) is 5.75 Å². The van der Waals surface area contributed by atoms with Crippen LogP contribution in [0.2, 0.25) is 0 Å². The fourth-order valence-corrected chi connectivity index (χ4v) is 5.64. The number of benzene rings is 3. The second-order valence-electron chi connectivity index (χ2n) is 7.45. The number of ether oxygens (including phenoxy) is 1. The lowest BCUT2D eigenvalue weighted by atomic mass is 10.1. The normalized spacial score (nSPS) is 11.4. The van der Waals surface area contributed by atoms with E-state index < -0.39 is 10.0 Å². The third-order valence-corrected chi connectivity index (χ3v) is 8.37. The quantitative estimate of drug-likeness (QED) is 0.376. The number of sulfonamides is 1. The van der Waals surface area contributed by atoms with Gasteiger partial charge >= 0.3 is 0 Å². The van der Waals surface area contributed by atoms with Crippen LogP contribution in [-0.4, -0.2) is 28.5 Å². The maximum Gasteiger partial charge on any atom is 0.265 e. The lowest BCUT2D eigenvalue weighted by Gasteiger charge is -2.19. The number of carbonyl (C=O) groups excluding carboxylic acids is 1. The maximum atomic E-state index is 13.1. The van der Waals surface area contributed by atoms with E-state index >= 15 is 0 Å². The van der Waals surface area contributed by atoms with Gasteiger partial charge in [-0.3, -0.25) is 9.10 Å². The molecule has 0 aliphatic heterocycles. The number of rotatable bonds is 7. The van der Waals surface area contributed by atoms with Gasteiger partial charge in [0, 0.05) is 17.4 Å². The number of anilines is 2. The molecular weight excluding hydrogens is 456 g/mol. The Morgan fingerprint density at radius 1 is 1.03 bits per heavy atom. The van der Waals surface area contributed by atoms with Crippen LogP contribution in [0.4, 0.5) is 11.4 Å². The van der Waals surface area contributed by atoms with Gasteiger partial charge < -0.3 is 10.1 Å². The van der Waals surface area contributed by atoms with Crippen LogP contribution in [0.5, 0.6) is 5.75 Å². The minimum absolute atomic E-state index is 0.172. The molecule has 170 valence electrons. The van der Waals surface area contributed by atoms with E-state index in [0.29, 0.717) is 16.3 Å². The molecule has 1 N–H and O–H groups in total. The van der Waals surface area contributed by atoms with Gasteiger partial charge in [-0.1, -0.05) is 25.1 Å². The molecule has 0 aliphatic rings. The Hall–Kier alpha value is -3.36. The lowest BCUT2D eigenvalue weighted by Crippen LogP contribution is -2.26. The number of nitrogens with zero attached hydrogens (tertiary/aromatic N) is 1. The number of carbonyl (C=O) groups is 1. The van der Waals surface area contributed by atoms with Crippen molar-refractivity contribution in [2.24, 2.45) is 0 Å². The summed E-state index contributed by atoms with van der Waals surface area (Å²) in [5.74, 6) is 0.404. The summed E-state index contributed by atoms with van der Waals surface area (Å²) >= 11 is 1.37. The highest BCUT2D eigenvalue weighted by Gasteiger charge is 2.22. The van der Waals surface area contributed by atoms with Gasteiger partial charge in [0.1, 0.15) is 5.75 Å².